The van der Waals surface area contributed by atoms with Gasteiger partial charge in [0.15, 0.2) is 5.82 Å². The summed E-state index contributed by atoms with van der Waals surface area (Å²) < 4.78 is 38.7. The SMILES string of the molecule is CN1CC[n+]2c1cccc2S(=O)(=O)NC(=O)c1ccc(-n2ccc(OCCC(C3CC3)C3CC3)n2)nc1N1CNCC1(C)C. The van der Waals surface area contributed by atoms with Crippen LogP contribution in [-0.2, 0) is 16.6 Å². The largest absolute Gasteiger partial charge is 0.477 e. The van der Waals surface area contributed by atoms with E-state index in [0.717, 1.165) is 30.0 Å². The molecule has 3 aromatic rings. The van der Waals surface area contributed by atoms with Gasteiger partial charge in [0, 0.05) is 30.4 Å². The molecule has 2 saturated carbocycles. The molecular formula is C31H41N8O4S+. The van der Waals surface area contributed by atoms with Crippen LogP contribution in [0.25, 0.3) is 5.82 Å². The monoisotopic (exact) mass is 621 g/mol. The fraction of sp³-hybridized carbons (Fsp3) is 0.548. The molecule has 12 nitrogen and oxygen atoms in total. The maximum atomic E-state index is 13.7. The predicted molar refractivity (Wildman–Crippen MR) is 164 cm³/mol. The number of carbonyl (C=O) groups is 1. The van der Waals surface area contributed by atoms with Gasteiger partial charge in [-0.25, -0.2) is 19.0 Å². The van der Waals surface area contributed by atoms with E-state index in [2.05, 4.69) is 29.0 Å². The van der Waals surface area contributed by atoms with Gasteiger partial charge in [-0.15, -0.1) is 5.10 Å². The molecule has 3 aromatic heterocycles. The molecule has 0 radical (unpaired) electrons. The standard InChI is InChI=1S/C31H40N8O4S/c1-31(2)19-32-20-38(31)29-24(30(40)35-44(41,42)28-6-4-5-27-36(3)16-17-37(27)28)11-12-25(33-29)39-15-13-26(34-39)43-18-14-23(21-7-8-21)22-9-10-22/h4-6,11-13,15,21-23,32H,7-10,14,16-20H2,1-3H3/p+1. The molecule has 7 rings (SSSR count). The van der Waals surface area contributed by atoms with E-state index in [-0.39, 0.29) is 16.1 Å². The van der Waals surface area contributed by atoms with Crippen LogP contribution in [0.5, 0.6) is 5.88 Å². The highest BCUT2D eigenvalue weighted by molar-refractivity contribution is 7.89. The molecule has 234 valence electrons. The van der Waals surface area contributed by atoms with Gasteiger partial charge in [-0.05, 0) is 88.0 Å². The third-order valence-electron chi connectivity index (χ3n) is 9.45. The summed E-state index contributed by atoms with van der Waals surface area (Å²) >= 11 is 0. The fourth-order valence-corrected chi connectivity index (χ4v) is 7.90. The molecule has 5 heterocycles. The van der Waals surface area contributed by atoms with E-state index in [1.165, 1.54) is 31.7 Å². The van der Waals surface area contributed by atoms with E-state index in [1.54, 1.807) is 33.6 Å². The van der Waals surface area contributed by atoms with Crippen LogP contribution in [-0.4, -0.2) is 68.0 Å². The summed E-state index contributed by atoms with van der Waals surface area (Å²) in [6.45, 7) is 7.10. The smallest absolute Gasteiger partial charge is 0.301 e. The molecule has 0 atom stereocenters. The van der Waals surface area contributed by atoms with Gasteiger partial charge in [-0.3, -0.25) is 15.0 Å². The second-order valence-corrected chi connectivity index (χ2v) is 14.8. The first-order valence-electron chi connectivity index (χ1n) is 15.6. The summed E-state index contributed by atoms with van der Waals surface area (Å²) in [5, 5.41) is 8.00. The Labute approximate surface area is 258 Å². The number of nitrogens with zero attached hydrogens (tertiary/aromatic N) is 6. The Morgan fingerprint density at radius 3 is 2.64 bits per heavy atom. The van der Waals surface area contributed by atoms with Crippen LogP contribution >= 0.6 is 0 Å². The van der Waals surface area contributed by atoms with Crippen molar-refractivity contribution in [1.82, 2.24) is 24.8 Å². The number of hydrogen-bond donors (Lipinski definition) is 2. The van der Waals surface area contributed by atoms with E-state index >= 15 is 0 Å². The highest BCUT2D eigenvalue weighted by Gasteiger charge is 2.41. The third kappa shape index (κ3) is 5.63. The number of amides is 1. The predicted octanol–water partition coefficient (Wildman–Crippen LogP) is 2.47. The summed E-state index contributed by atoms with van der Waals surface area (Å²) in [4.78, 5) is 22.5. The van der Waals surface area contributed by atoms with Gasteiger partial charge >= 0.3 is 10.0 Å². The van der Waals surface area contributed by atoms with Crippen molar-refractivity contribution >= 4 is 27.6 Å². The Bertz CT molecular complexity index is 1670. The van der Waals surface area contributed by atoms with Gasteiger partial charge in [0.25, 0.3) is 11.7 Å². The van der Waals surface area contributed by atoms with Crippen LogP contribution in [0.1, 0.15) is 56.3 Å². The average molecular weight is 622 g/mol. The molecule has 1 amide bonds. The van der Waals surface area contributed by atoms with Crippen molar-refractivity contribution in [2.24, 2.45) is 17.8 Å². The Morgan fingerprint density at radius 1 is 1.16 bits per heavy atom. The van der Waals surface area contributed by atoms with Gasteiger partial charge in [0.2, 0.25) is 10.9 Å². The number of likely N-dealkylation sites (N-methyl/N-ethyl adjacent to an activating group) is 1. The lowest BCUT2D eigenvalue weighted by molar-refractivity contribution is -0.708. The molecular weight excluding hydrogens is 580 g/mol. The van der Waals surface area contributed by atoms with Gasteiger partial charge in [0.1, 0.15) is 18.9 Å². The van der Waals surface area contributed by atoms with Crippen LogP contribution < -0.4 is 29.1 Å². The normalized spacial score (nSPS) is 19.5. The Morgan fingerprint density at radius 2 is 1.93 bits per heavy atom. The highest BCUT2D eigenvalue weighted by Crippen LogP contribution is 2.50. The van der Waals surface area contributed by atoms with Crippen molar-refractivity contribution in [3.63, 3.8) is 0 Å². The minimum absolute atomic E-state index is 0.0478. The van der Waals surface area contributed by atoms with Crippen LogP contribution in [0.4, 0.5) is 11.6 Å². The first-order valence-corrected chi connectivity index (χ1v) is 17.1. The molecule has 3 fully saturated rings. The van der Waals surface area contributed by atoms with Crippen LogP contribution in [0.3, 0.4) is 0 Å². The lowest BCUT2D eigenvalue weighted by Gasteiger charge is -2.32. The first-order chi connectivity index (χ1) is 21.1. The zero-order valence-corrected chi connectivity index (χ0v) is 26.4. The minimum atomic E-state index is -4.16. The summed E-state index contributed by atoms with van der Waals surface area (Å²) in [6.07, 6.45) is 8.29. The van der Waals surface area contributed by atoms with Gasteiger partial charge in [0.05, 0.1) is 25.9 Å². The van der Waals surface area contributed by atoms with Crippen LogP contribution in [0.2, 0.25) is 0 Å². The third-order valence-corrected chi connectivity index (χ3v) is 10.8. The molecule has 2 aliphatic carbocycles. The van der Waals surface area contributed by atoms with Gasteiger partial charge in [-0.1, -0.05) is 0 Å². The number of carbonyl (C=O) groups excluding carboxylic acids is 1. The van der Waals surface area contributed by atoms with Crippen molar-refractivity contribution in [1.29, 1.82) is 0 Å². The average Bonchev–Trinajstić information content (AvgIpc) is 3.90. The molecule has 1 saturated heterocycles. The van der Waals surface area contributed by atoms with Crippen molar-refractivity contribution in [3.8, 4) is 11.7 Å². The topological polar surface area (TPSA) is 126 Å². The van der Waals surface area contributed by atoms with Crippen molar-refractivity contribution in [2.45, 2.75) is 63.1 Å². The zero-order chi connectivity index (χ0) is 30.6. The summed E-state index contributed by atoms with van der Waals surface area (Å²) in [6, 6.07) is 10.2. The number of hydrogen-bond acceptors (Lipinski definition) is 9. The van der Waals surface area contributed by atoms with Crippen LogP contribution in [0, 0.1) is 17.8 Å². The lowest BCUT2D eigenvalue weighted by atomic mass is 9.95. The van der Waals surface area contributed by atoms with Crippen molar-refractivity contribution in [3.05, 3.63) is 48.2 Å². The van der Waals surface area contributed by atoms with Crippen molar-refractivity contribution in [2.75, 3.05) is 43.2 Å². The number of ether oxygens (including phenoxy) is 1. The number of aromatic nitrogens is 4. The quantitative estimate of drug-likeness (QED) is 0.311. The molecule has 0 spiro atoms. The molecule has 13 heteroatoms. The number of sulfonamides is 1. The summed E-state index contributed by atoms with van der Waals surface area (Å²) in [5.74, 6) is 4.01. The number of nitrogens with one attached hydrogen (secondary N) is 2. The number of fused-ring (bicyclic) bond motifs is 1. The minimum Gasteiger partial charge on any atom is -0.477 e. The summed E-state index contributed by atoms with van der Waals surface area (Å²) in [7, 11) is -2.25. The van der Waals surface area contributed by atoms with Crippen molar-refractivity contribution < 1.29 is 22.5 Å². The van der Waals surface area contributed by atoms with E-state index in [0.29, 0.717) is 50.4 Å². The van der Waals surface area contributed by atoms with Crippen LogP contribution in [0.15, 0.2) is 47.6 Å². The highest BCUT2D eigenvalue weighted by atomic mass is 32.2. The first kappa shape index (κ1) is 29.0. The number of anilines is 2. The molecule has 2 aliphatic heterocycles. The Balaban J connectivity index is 1.13. The van der Waals surface area contributed by atoms with E-state index < -0.39 is 15.9 Å². The Hall–Kier alpha value is -3.71. The zero-order valence-electron chi connectivity index (χ0n) is 25.6. The van der Waals surface area contributed by atoms with E-state index in [1.807, 2.05) is 29.0 Å². The second kappa shape index (κ2) is 11.0. The fourth-order valence-electron chi connectivity index (χ4n) is 6.71. The molecule has 0 bridgehead atoms. The lowest BCUT2D eigenvalue weighted by Crippen LogP contribution is -2.44. The van der Waals surface area contributed by atoms with Gasteiger partial charge < -0.3 is 9.64 Å². The molecule has 0 unspecified atom stereocenters. The maximum absolute atomic E-state index is 13.7. The number of rotatable bonds is 11. The van der Waals surface area contributed by atoms with E-state index in [4.69, 9.17) is 9.72 Å². The Kier molecular flexibility index (Phi) is 7.27. The molecule has 0 aromatic carbocycles. The molecule has 44 heavy (non-hydrogen) atoms. The second-order valence-electron chi connectivity index (χ2n) is 13.2. The number of pyridine rings is 2. The maximum Gasteiger partial charge on any atom is 0.301 e. The van der Waals surface area contributed by atoms with E-state index in [9.17, 15) is 13.2 Å². The summed E-state index contributed by atoms with van der Waals surface area (Å²) in [5.41, 5.74) is -0.197. The molecule has 2 N–H and O–H groups in total. The molecule has 4 aliphatic rings. The van der Waals surface area contributed by atoms with Gasteiger partial charge in [-0.2, -0.15) is 8.42 Å².